The second kappa shape index (κ2) is 13.2. The monoisotopic (exact) mass is 798 g/mol. The van der Waals surface area contributed by atoms with Crippen LogP contribution in [0.15, 0.2) is 0 Å². The summed E-state index contributed by atoms with van der Waals surface area (Å²) in [7, 11) is 0. The van der Waals surface area contributed by atoms with Gasteiger partial charge < -0.3 is 28.8 Å². The van der Waals surface area contributed by atoms with Crippen molar-refractivity contribution in [2.24, 2.45) is 45.3 Å². The van der Waals surface area contributed by atoms with E-state index in [0.717, 1.165) is 38.5 Å². The highest BCUT2D eigenvalue weighted by molar-refractivity contribution is 5.88. The number of ether oxygens (including phenoxy) is 5. The van der Waals surface area contributed by atoms with E-state index >= 15 is 4.79 Å². The van der Waals surface area contributed by atoms with Gasteiger partial charge in [0, 0.05) is 19.3 Å². The molecule has 7 atom stereocenters. The topological polar surface area (TPSA) is 152 Å². The van der Waals surface area contributed by atoms with Crippen molar-refractivity contribution in [2.45, 2.75) is 213 Å². The molecule has 11 heteroatoms. The van der Waals surface area contributed by atoms with E-state index in [0.29, 0.717) is 44.9 Å². The number of esters is 5. The molecular weight excluding hydrogens is 728 g/mol. The number of rotatable bonds is 12. The van der Waals surface area contributed by atoms with Crippen LogP contribution in [0.5, 0.6) is 0 Å². The summed E-state index contributed by atoms with van der Waals surface area (Å²) in [6.45, 7) is 19.7. The van der Waals surface area contributed by atoms with Crippen LogP contribution in [0.4, 0.5) is 0 Å². The molecule has 9 fully saturated rings. The zero-order valence-corrected chi connectivity index (χ0v) is 36.7. The lowest BCUT2D eigenvalue weighted by Crippen LogP contribution is -2.61. The van der Waals surface area contributed by atoms with E-state index in [1.807, 2.05) is 34.6 Å². The third-order valence-corrected chi connectivity index (χ3v) is 15.2. The first kappa shape index (κ1) is 42.4. The highest BCUT2D eigenvalue weighted by Gasteiger charge is 2.65. The van der Waals surface area contributed by atoms with E-state index in [9.17, 15) is 24.3 Å². The molecule has 9 rings (SSSR count). The van der Waals surface area contributed by atoms with Gasteiger partial charge >= 0.3 is 29.8 Å². The van der Waals surface area contributed by atoms with Crippen LogP contribution in [0.2, 0.25) is 0 Å². The van der Waals surface area contributed by atoms with Crippen molar-refractivity contribution in [3.63, 3.8) is 0 Å². The molecule has 0 radical (unpaired) electrons. The standard InChI is InChI=1S/C46H70O11/c1-12-40(9,33(48)56-45-19-28-13-29(20-45)16-43(15-28,26-45)36(51)53-37(2,3)4)25-41(10,23-38(5,6)32(47)55-42(11)24-39(7,8)54-35(42)50)34(49)57-46-21-30-14-31(22-46)18-44(52,17-30)27-46/h28-31,52H,12-27H2,1-11H3. The Bertz CT molecular complexity index is 1670. The van der Waals surface area contributed by atoms with Crippen molar-refractivity contribution < 1.29 is 52.8 Å². The van der Waals surface area contributed by atoms with E-state index < -0.39 is 79.1 Å². The van der Waals surface area contributed by atoms with Crippen molar-refractivity contribution in [1.82, 2.24) is 0 Å². The fourth-order valence-corrected chi connectivity index (χ4v) is 14.0. The Morgan fingerprint density at radius 2 is 1.16 bits per heavy atom. The molecule has 320 valence electrons. The van der Waals surface area contributed by atoms with Crippen molar-refractivity contribution in [3.8, 4) is 0 Å². The fourth-order valence-electron chi connectivity index (χ4n) is 14.0. The minimum atomic E-state index is -1.49. The van der Waals surface area contributed by atoms with Crippen molar-refractivity contribution in [3.05, 3.63) is 0 Å². The molecule has 8 aliphatic carbocycles. The Kier molecular flexibility index (Phi) is 9.79. The van der Waals surface area contributed by atoms with Crippen LogP contribution in [0.1, 0.15) is 179 Å². The lowest BCUT2D eigenvalue weighted by Gasteiger charge is -2.60. The summed E-state index contributed by atoms with van der Waals surface area (Å²) >= 11 is 0. The first-order chi connectivity index (χ1) is 26.0. The number of hydrogen-bond acceptors (Lipinski definition) is 11. The molecule has 1 aliphatic heterocycles. The van der Waals surface area contributed by atoms with Gasteiger partial charge in [-0.1, -0.05) is 6.92 Å². The van der Waals surface area contributed by atoms with Gasteiger partial charge in [-0.15, -0.1) is 0 Å². The minimum Gasteiger partial charge on any atom is -0.460 e. The van der Waals surface area contributed by atoms with E-state index in [2.05, 4.69) is 0 Å². The Balaban J connectivity index is 1.16. The summed E-state index contributed by atoms with van der Waals surface area (Å²) < 4.78 is 30.9. The van der Waals surface area contributed by atoms with Gasteiger partial charge in [0.2, 0.25) is 5.60 Å². The summed E-state index contributed by atoms with van der Waals surface area (Å²) in [5, 5.41) is 11.5. The van der Waals surface area contributed by atoms with Gasteiger partial charge in [-0.2, -0.15) is 0 Å². The zero-order valence-electron chi connectivity index (χ0n) is 36.7. The quantitative estimate of drug-likeness (QED) is 0.151. The van der Waals surface area contributed by atoms with E-state index in [4.69, 9.17) is 23.7 Å². The second-order valence-corrected chi connectivity index (χ2v) is 23.7. The molecule has 0 amide bonds. The molecule has 11 nitrogen and oxygen atoms in total. The first-order valence-corrected chi connectivity index (χ1v) is 21.9. The van der Waals surface area contributed by atoms with Crippen molar-refractivity contribution in [1.29, 1.82) is 0 Å². The smallest absolute Gasteiger partial charge is 0.351 e. The summed E-state index contributed by atoms with van der Waals surface area (Å²) in [6, 6.07) is 0. The summed E-state index contributed by atoms with van der Waals surface area (Å²) in [5.74, 6) is -1.33. The highest BCUT2D eigenvalue weighted by atomic mass is 16.6. The fraction of sp³-hybridized carbons (Fsp3) is 0.891. The van der Waals surface area contributed by atoms with Crippen LogP contribution in [0.25, 0.3) is 0 Å². The number of aliphatic hydroxyl groups is 1. The van der Waals surface area contributed by atoms with Crippen LogP contribution >= 0.6 is 0 Å². The van der Waals surface area contributed by atoms with Gasteiger partial charge in [-0.05, 0) is 176 Å². The number of cyclic esters (lactones) is 1. The van der Waals surface area contributed by atoms with Gasteiger partial charge in [0.05, 0.1) is 27.3 Å². The van der Waals surface area contributed by atoms with Crippen LogP contribution < -0.4 is 0 Å². The first-order valence-electron chi connectivity index (χ1n) is 21.9. The second-order valence-electron chi connectivity index (χ2n) is 23.7. The lowest BCUT2D eigenvalue weighted by molar-refractivity contribution is -0.230. The molecular formula is C46H70O11. The summed E-state index contributed by atoms with van der Waals surface area (Å²) in [5.41, 5.74) is -9.93. The predicted molar refractivity (Wildman–Crippen MR) is 209 cm³/mol. The van der Waals surface area contributed by atoms with Crippen LogP contribution in [-0.2, 0) is 47.7 Å². The maximum Gasteiger partial charge on any atom is 0.351 e. The van der Waals surface area contributed by atoms with Crippen LogP contribution in [-0.4, -0.2) is 68.6 Å². The van der Waals surface area contributed by atoms with Gasteiger partial charge in [-0.25, -0.2) is 4.79 Å². The predicted octanol–water partition coefficient (Wildman–Crippen LogP) is 8.09. The average Bonchev–Trinajstić information content (AvgIpc) is 3.22. The van der Waals surface area contributed by atoms with Gasteiger partial charge in [0.1, 0.15) is 22.4 Å². The third kappa shape index (κ3) is 7.90. The van der Waals surface area contributed by atoms with E-state index in [-0.39, 0.29) is 48.9 Å². The SMILES string of the molecule is CCC(C)(CC(C)(CC(C)(C)C(=O)OC1(C)CC(C)(C)OC1=O)C(=O)OC12CC3CC(CC(O)(C3)C1)C2)C(=O)OC12CC3CC(C1)CC(C(=O)OC(C)(C)C)(C3)C2. The Morgan fingerprint density at radius 1 is 0.667 bits per heavy atom. The maximum atomic E-state index is 15.0. The Morgan fingerprint density at radius 3 is 1.61 bits per heavy atom. The number of hydrogen-bond donors (Lipinski definition) is 1. The molecule has 0 aromatic rings. The molecule has 0 aromatic carbocycles. The summed E-state index contributed by atoms with van der Waals surface area (Å²) in [6.07, 6.45) is 9.08. The van der Waals surface area contributed by atoms with Crippen molar-refractivity contribution in [2.75, 3.05) is 0 Å². The molecule has 9 aliphatic rings. The van der Waals surface area contributed by atoms with Gasteiger partial charge in [-0.3, -0.25) is 19.2 Å². The van der Waals surface area contributed by atoms with E-state index in [1.54, 1.807) is 41.5 Å². The molecule has 1 saturated heterocycles. The minimum absolute atomic E-state index is 0.0285. The third-order valence-electron chi connectivity index (χ3n) is 15.2. The molecule has 57 heavy (non-hydrogen) atoms. The lowest BCUT2D eigenvalue weighted by atomic mass is 9.47. The van der Waals surface area contributed by atoms with Gasteiger partial charge in [0.25, 0.3) is 0 Å². The van der Waals surface area contributed by atoms with Crippen LogP contribution in [0.3, 0.4) is 0 Å². The average molecular weight is 799 g/mol. The summed E-state index contributed by atoms with van der Waals surface area (Å²) in [4.78, 5) is 70.8. The molecule has 0 spiro atoms. The zero-order chi connectivity index (χ0) is 42.0. The molecule has 7 unspecified atom stereocenters. The normalized spacial score (nSPS) is 40.8. The van der Waals surface area contributed by atoms with Crippen LogP contribution in [0, 0.1) is 45.3 Å². The Hall–Kier alpha value is -2.69. The number of carbonyl (C=O) groups is 5. The molecule has 1 N–H and O–H groups in total. The van der Waals surface area contributed by atoms with Gasteiger partial charge in [0.15, 0.2) is 0 Å². The molecule has 8 bridgehead atoms. The highest BCUT2D eigenvalue weighted by Crippen LogP contribution is 2.64. The number of carbonyl (C=O) groups excluding carboxylic acids is 5. The van der Waals surface area contributed by atoms with E-state index in [1.165, 1.54) is 0 Å². The largest absolute Gasteiger partial charge is 0.460 e. The molecule has 0 aromatic heterocycles. The maximum absolute atomic E-state index is 15.0. The molecule has 8 saturated carbocycles. The van der Waals surface area contributed by atoms with Crippen molar-refractivity contribution >= 4 is 29.8 Å². The Labute approximate surface area is 339 Å². The molecule has 1 heterocycles.